The lowest BCUT2D eigenvalue weighted by atomic mass is 9.71. The van der Waals surface area contributed by atoms with Gasteiger partial charge in [0.05, 0.1) is 12.1 Å². The van der Waals surface area contributed by atoms with E-state index in [1.165, 1.54) is 5.56 Å². The molecule has 1 N–H and O–H groups in total. The molecule has 1 aliphatic heterocycles. The molecular formula is C25H28N4O5. The first kappa shape index (κ1) is 22.3. The Morgan fingerprint density at radius 1 is 1.24 bits per heavy atom. The number of fused-ring (bicyclic) bond motifs is 3. The summed E-state index contributed by atoms with van der Waals surface area (Å²) in [4.78, 5) is 28.0. The van der Waals surface area contributed by atoms with E-state index >= 15 is 0 Å². The van der Waals surface area contributed by atoms with Crippen LogP contribution in [0, 0.1) is 11.1 Å². The van der Waals surface area contributed by atoms with Crippen molar-refractivity contribution in [2.75, 3.05) is 20.2 Å². The molecule has 9 heteroatoms. The molecule has 0 bridgehead atoms. The fraction of sp³-hybridized carbons (Fsp3) is 0.440. The van der Waals surface area contributed by atoms with E-state index in [0.29, 0.717) is 29.1 Å². The van der Waals surface area contributed by atoms with Gasteiger partial charge in [0, 0.05) is 48.3 Å². The molecule has 0 radical (unpaired) electrons. The van der Waals surface area contributed by atoms with Crippen molar-refractivity contribution < 1.29 is 23.9 Å². The number of hydrogen-bond acceptors (Lipinski definition) is 6. The summed E-state index contributed by atoms with van der Waals surface area (Å²) in [5.74, 6) is -0.241. The fourth-order valence-electron chi connectivity index (χ4n) is 5.55. The van der Waals surface area contributed by atoms with Crippen molar-refractivity contribution in [3.05, 3.63) is 64.4 Å². The monoisotopic (exact) mass is 464 g/mol. The van der Waals surface area contributed by atoms with Gasteiger partial charge < -0.3 is 20.2 Å². The summed E-state index contributed by atoms with van der Waals surface area (Å²) in [5.41, 5.74) is 3.09. The number of carbonyl (C=O) groups excluding carboxylic acids is 2. The number of amides is 2. The first-order valence-corrected chi connectivity index (χ1v) is 11.6. The number of nitrogens with zero attached hydrogens (tertiary/aromatic N) is 3. The van der Waals surface area contributed by atoms with Crippen molar-refractivity contribution in [3.63, 3.8) is 0 Å². The molecule has 2 heterocycles. The lowest BCUT2D eigenvalue weighted by Crippen LogP contribution is -2.52. The molecule has 2 aliphatic rings. The number of likely N-dealkylation sites (tertiary alicyclic amines) is 1. The molecule has 178 valence electrons. The van der Waals surface area contributed by atoms with E-state index in [0.717, 1.165) is 18.4 Å². The highest BCUT2D eigenvalue weighted by molar-refractivity contribution is 5.97. The Morgan fingerprint density at radius 2 is 1.97 bits per heavy atom. The van der Waals surface area contributed by atoms with Crippen LogP contribution in [0.2, 0.25) is 0 Å². The van der Waals surface area contributed by atoms with E-state index in [4.69, 9.17) is 4.74 Å². The average molecular weight is 465 g/mol. The van der Waals surface area contributed by atoms with Crippen LogP contribution in [0.4, 0.5) is 0 Å². The lowest BCUT2D eigenvalue weighted by molar-refractivity contribution is -0.782. The molecule has 0 saturated carbocycles. The molecule has 1 aromatic heterocycles. The zero-order chi connectivity index (χ0) is 24.0. The molecule has 3 aromatic rings. The standard InChI is InChI=1S/C25H28N4O5/c1-15(2)23(30)26-21-17-6-4-5-7-18(17)25(22(21)33-3)10-12-28(13-11-25)24(31)16-8-9-20-19(14-16)27-34-29(20)32/h4-9,14-15,21-22H,10-13H2,1-3H3,(H,26,30)/t21-,22+/m1/s1. The van der Waals surface area contributed by atoms with E-state index < -0.39 is 0 Å². The average Bonchev–Trinajstić information content (AvgIpc) is 3.34. The highest BCUT2D eigenvalue weighted by Gasteiger charge is 2.54. The topological polar surface area (TPSA) is 112 Å². The summed E-state index contributed by atoms with van der Waals surface area (Å²) >= 11 is 0. The fourth-order valence-corrected chi connectivity index (χ4v) is 5.55. The number of piperidine rings is 1. The number of carbonyl (C=O) groups is 2. The van der Waals surface area contributed by atoms with Crippen LogP contribution in [-0.2, 0) is 14.9 Å². The zero-order valence-electron chi connectivity index (χ0n) is 19.5. The SMILES string of the molecule is CO[C@H]1[C@H](NC(=O)C(C)C)c2ccccc2C12CCN(C(=O)c1ccc3c(c1)no[n+]3[O-])CC2. The molecule has 0 unspecified atom stereocenters. The number of methoxy groups -OCH3 is 1. The van der Waals surface area contributed by atoms with Crippen LogP contribution in [0.3, 0.4) is 0 Å². The largest absolute Gasteiger partial charge is 0.378 e. The van der Waals surface area contributed by atoms with Crippen molar-refractivity contribution in [1.29, 1.82) is 0 Å². The molecule has 1 fully saturated rings. The highest BCUT2D eigenvalue weighted by Crippen LogP contribution is 2.52. The summed E-state index contributed by atoms with van der Waals surface area (Å²) < 4.78 is 10.7. The number of ether oxygens (including phenoxy) is 1. The Morgan fingerprint density at radius 3 is 2.68 bits per heavy atom. The van der Waals surface area contributed by atoms with Crippen molar-refractivity contribution in [3.8, 4) is 0 Å². The van der Waals surface area contributed by atoms with Crippen LogP contribution in [0.5, 0.6) is 0 Å². The van der Waals surface area contributed by atoms with Crippen molar-refractivity contribution in [1.82, 2.24) is 15.4 Å². The van der Waals surface area contributed by atoms with Gasteiger partial charge in [-0.05, 0) is 41.0 Å². The van der Waals surface area contributed by atoms with Gasteiger partial charge >= 0.3 is 0 Å². The van der Waals surface area contributed by atoms with E-state index in [2.05, 4.69) is 27.2 Å². The second-order valence-corrected chi connectivity index (χ2v) is 9.47. The van der Waals surface area contributed by atoms with Crippen LogP contribution >= 0.6 is 0 Å². The maximum absolute atomic E-state index is 13.2. The summed E-state index contributed by atoms with van der Waals surface area (Å²) in [6.07, 6.45) is 1.22. The number of nitrogens with one attached hydrogen (secondary N) is 1. The Bertz CT molecular complexity index is 1250. The maximum Gasteiger partial charge on any atom is 0.254 e. The van der Waals surface area contributed by atoms with Crippen molar-refractivity contribution >= 4 is 22.8 Å². The molecule has 1 aliphatic carbocycles. The summed E-state index contributed by atoms with van der Waals surface area (Å²) in [5, 5.41) is 18.5. The highest BCUT2D eigenvalue weighted by atomic mass is 16.8. The van der Waals surface area contributed by atoms with Gasteiger partial charge in [-0.25, -0.2) is 0 Å². The van der Waals surface area contributed by atoms with Gasteiger partial charge in [0.2, 0.25) is 16.9 Å². The molecule has 2 atom stereocenters. The van der Waals surface area contributed by atoms with Crippen LogP contribution in [0.1, 0.15) is 54.2 Å². The van der Waals surface area contributed by atoms with Gasteiger partial charge in [-0.3, -0.25) is 14.2 Å². The number of benzene rings is 2. The third-order valence-corrected chi connectivity index (χ3v) is 7.33. The molecule has 5 rings (SSSR count). The quantitative estimate of drug-likeness (QED) is 0.594. The van der Waals surface area contributed by atoms with Crippen molar-refractivity contribution in [2.24, 2.45) is 5.92 Å². The number of hydrogen-bond donors (Lipinski definition) is 1. The van der Waals surface area contributed by atoms with Gasteiger partial charge in [0.15, 0.2) is 0 Å². The number of aromatic nitrogens is 2. The molecule has 2 aromatic carbocycles. The Kier molecular flexibility index (Phi) is 5.51. The smallest absolute Gasteiger partial charge is 0.254 e. The third kappa shape index (κ3) is 3.42. The first-order valence-electron chi connectivity index (χ1n) is 11.6. The van der Waals surface area contributed by atoms with Crippen LogP contribution in [0.25, 0.3) is 11.0 Å². The second kappa shape index (κ2) is 8.39. The van der Waals surface area contributed by atoms with Crippen molar-refractivity contribution in [2.45, 2.75) is 44.2 Å². The molecular weight excluding hydrogens is 436 g/mol. The van der Waals surface area contributed by atoms with E-state index in [1.54, 1.807) is 25.3 Å². The Hall–Kier alpha value is -3.46. The number of rotatable bonds is 4. The zero-order valence-corrected chi connectivity index (χ0v) is 19.5. The normalized spacial score (nSPS) is 21.2. The third-order valence-electron chi connectivity index (χ3n) is 7.33. The second-order valence-electron chi connectivity index (χ2n) is 9.47. The van der Waals surface area contributed by atoms with Gasteiger partial charge in [-0.1, -0.05) is 38.1 Å². The molecule has 1 saturated heterocycles. The molecule has 9 nitrogen and oxygen atoms in total. The summed E-state index contributed by atoms with van der Waals surface area (Å²) in [6.45, 7) is 4.86. The van der Waals surface area contributed by atoms with Gasteiger partial charge in [-0.2, -0.15) is 0 Å². The minimum absolute atomic E-state index is 0.00540. The molecule has 34 heavy (non-hydrogen) atoms. The van der Waals surface area contributed by atoms with Gasteiger partial charge in [-0.15, -0.1) is 0 Å². The maximum atomic E-state index is 13.2. The van der Waals surface area contributed by atoms with Crippen LogP contribution in [-0.4, -0.2) is 48.2 Å². The van der Waals surface area contributed by atoms with Crippen LogP contribution < -0.4 is 10.2 Å². The summed E-state index contributed by atoms with van der Waals surface area (Å²) in [6, 6.07) is 12.7. The predicted molar refractivity (Wildman–Crippen MR) is 123 cm³/mol. The van der Waals surface area contributed by atoms with E-state index in [9.17, 15) is 14.8 Å². The minimum Gasteiger partial charge on any atom is -0.378 e. The van der Waals surface area contributed by atoms with Crippen LogP contribution in [0.15, 0.2) is 47.1 Å². The lowest BCUT2D eigenvalue weighted by Gasteiger charge is -2.44. The minimum atomic E-state index is -0.290. The Labute approximate surface area is 197 Å². The van der Waals surface area contributed by atoms with Gasteiger partial charge in [0.25, 0.3) is 5.91 Å². The predicted octanol–water partition coefficient (Wildman–Crippen LogP) is 2.48. The van der Waals surface area contributed by atoms with E-state index in [-0.39, 0.29) is 40.8 Å². The molecule has 1 spiro atoms. The Balaban J connectivity index is 1.40. The van der Waals surface area contributed by atoms with E-state index in [1.807, 2.05) is 30.9 Å². The first-order chi connectivity index (χ1) is 16.4. The molecule has 2 amide bonds. The van der Waals surface area contributed by atoms with Gasteiger partial charge in [0.1, 0.15) is 0 Å². The summed E-state index contributed by atoms with van der Waals surface area (Å²) in [7, 11) is 1.69.